The van der Waals surface area contributed by atoms with Crippen LogP contribution in [0, 0.1) is 0 Å². The Kier molecular flexibility index (Phi) is 8.64. The van der Waals surface area contributed by atoms with E-state index in [1.165, 1.54) is 16.3 Å². The maximum absolute atomic E-state index is 13.9. The maximum atomic E-state index is 13.9. The van der Waals surface area contributed by atoms with Crippen molar-refractivity contribution in [1.82, 2.24) is 20.7 Å². The molecule has 2 heterocycles. The molecular weight excluding hydrogens is 532 g/mol. The highest BCUT2D eigenvalue weighted by Gasteiger charge is 2.39. The second-order valence-corrected chi connectivity index (χ2v) is 9.92. The van der Waals surface area contributed by atoms with Crippen molar-refractivity contribution in [2.24, 2.45) is 0 Å². The van der Waals surface area contributed by atoms with Gasteiger partial charge in [-0.3, -0.25) is 19.9 Å². The summed E-state index contributed by atoms with van der Waals surface area (Å²) in [5, 5.41) is 16.9. The first-order valence-electron chi connectivity index (χ1n) is 11.3. The number of carboxylic acid groups (broad SMARTS) is 1. The van der Waals surface area contributed by atoms with Gasteiger partial charge in [-0.25, -0.2) is 10.4 Å². The Morgan fingerprint density at radius 1 is 1.17 bits per heavy atom. The van der Waals surface area contributed by atoms with Crippen molar-refractivity contribution in [2.75, 3.05) is 13.7 Å². The number of nitrogens with zero attached hydrogens (tertiary/aromatic N) is 2. The zero-order valence-corrected chi connectivity index (χ0v) is 21.5. The molecule has 4 rings (SSSR count). The number of benzene rings is 2. The van der Waals surface area contributed by atoms with Gasteiger partial charge in [-0.05, 0) is 39.9 Å². The van der Waals surface area contributed by atoms with Crippen molar-refractivity contribution in [3.8, 4) is 0 Å². The molecule has 0 aliphatic carbocycles. The predicted octanol–water partition coefficient (Wildman–Crippen LogP) is 3.92. The largest absolute Gasteiger partial charge is 0.480 e. The third kappa shape index (κ3) is 6.14. The van der Waals surface area contributed by atoms with Crippen LogP contribution in [0.4, 0.5) is 0 Å². The van der Waals surface area contributed by atoms with Gasteiger partial charge in [-0.2, -0.15) is 0 Å². The minimum absolute atomic E-state index is 0.300. The number of ether oxygens (including phenoxy) is 1. The van der Waals surface area contributed by atoms with Crippen LogP contribution in [0.2, 0.25) is 0 Å². The second kappa shape index (κ2) is 11.9. The Morgan fingerprint density at radius 3 is 2.31 bits per heavy atom. The summed E-state index contributed by atoms with van der Waals surface area (Å²) in [6.07, 6.45) is 0.353. The zero-order chi connectivity index (χ0) is 24.8. The lowest BCUT2D eigenvalue weighted by Crippen LogP contribution is -2.60. The summed E-state index contributed by atoms with van der Waals surface area (Å²) in [6.45, 7) is 0.403. The van der Waals surface area contributed by atoms with Crippen molar-refractivity contribution in [3.63, 3.8) is 0 Å². The van der Waals surface area contributed by atoms with Crippen molar-refractivity contribution in [1.29, 1.82) is 0 Å². The molecule has 0 spiro atoms. The van der Waals surface area contributed by atoms with E-state index in [4.69, 9.17) is 4.74 Å². The van der Waals surface area contributed by atoms with Crippen molar-refractivity contribution >= 4 is 39.1 Å². The van der Waals surface area contributed by atoms with Gasteiger partial charge in [0, 0.05) is 19.0 Å². The van der Waals surface area contributed by atoms with E-state index in [0.29, 0.717) is 29.0 Å². The van der Waals surface area contributed by atoms with Gasteiger partial charge in [0.2, 0.25) is 0 Å². The number of hydrogen-bond acceptors (Lipinski definition) is 7. The summed E-state index contributed by atoms with van der Waals surface area (Å²) in [6, 6.07) is 17.8. The van der Waals surface area contributed by atoms with Crippen LogP contribution in [0.1, 0.15) is 41.1 Å². The Balaban J connectivity index is 1.72. The minimum Gasteiger partial charge on any atom is -0.480 e. The Bertz CT molecular complexity index is 1090. The Morgan fingerprint density at radius 2 is 1.80 bits per heavy atom. The van der Waals surface area contributed by atoms with Crippen LogP contribution in [-0.4, -0.2) is 52.7 Å². The van der Waals surface area contributed by atoms with E-state index in [2.05, 4.69) is 31.7 Å². The van der Waals surface area contributed by atoms with Gasteiger partial charge in [-0.1, -0.05) is 60.7 Å². The molecular formula is C25H27BrN4O4S. The van der Waals surface area contributed by atoms with Crippen molar-refractivity contribution in [2.45, 2.75) is 37.1 Å². The van der Waals surface area contributed by atoms with Crippen LogP contribution >= 0.6 is 27.3 Å². The van der Waals surface area contributed by atoms with Gasteiger partial charge in [0.15, 0.2) is 0 Å². The fraction of sp³-hybridized carbons (Fsp3) is 0.320. The molecule has 1 aromatic heterocycles. The average molecular weight is 559 g/mol. The molecule has 3 aromatic rings. The first kappa shape index (κ1) is 25.5. The van der Waals surface area contributed by atoms with Gasteiger partial charge >= 0.3 is 5.97 Å². The molecule has 3 atom stereocenters. The van der Waals surface area contributed by atoms with E-state index in [9.17, 15) is 14.7 Å². The number of thiazole rings is 1. The Hall–Kier alpha value is -2.63. The lowest BCUT2D eigenvalue weighted by Gasteiger charge is -2.37. The molecule has 0 radical (unpaired) electrons. The summed E-state index contributed by atoms with van der Waals surface area (Å²) >= 11 is 4.78. The van der Waals surface area contributed by atoms with Crippen LogP contribution in [-0.2, 0) is 14.3 Å². The van der Waals surface area contributed by atoms with E-state index in [0.717, 1.165) is 11.1 Å². The number of aromatic nitrogens is 1. The van der Waals surface area contributed by atoms with E-state index < -0.39 is 24.2 Å². The topological polar surface area (TPSA) is 104 Å². The highest BCUT2D eigenvalue weighted by molar-refractivity contribution is 9.10. The smallest absolute Gasteiger partial charge is 0.322 e. The van der Waals surface area contributed by atoms with Crippen LogP contribution in [0.5, 0.6) is 0 Å². The van der Waals surface area contributed by atoms with E-state index in [1.807, 2.05) is 66.0 Å². The van der Waals surface area contributed by atoms with Gasteiger partial charge in [0.05, 0.1) is 6.04 Å². The molecule has 35 heavy (non-hydrogen) atoms. The molecule has 0 bridgehead atoms. The molecule has 1 saturated heterocycles. The standard InChI is InChI=1S/C25H27BrN4O4S/c1-34-22(23-27-19(26)15-35-23)21(24(31)30-14-8-13-18(29-30)25(32)33)28-20(16-9-4-2-5-10-16)17-11-6-3-7-12-17/h2-7,9-12,15,18,20-22,28-29H,8,13-14H2,1H3,(H,32,33)/t18-,21-,22-/m0/s1. The fourth-order valence-electron chi connectivity index (χ4n) is 4.21. The number of carboxylic acids is 1. The number of carbonyl (C=O) groups excluding carboxylic acids is 1. The molecule has 8 nitrogen and oxygen atoms in total. The first-order valence-corrected chi connectivity index (χ1v) is 12.9. The molecule has 2 aromatic carbocycles. The number of aliphatic carboxylic acids is 1. The van der Waals surface area contributed by atoms with Gasteiger partial charge in [0.25, 0.3) is 5.91 Å². The fourth-order valence-corrected chi connectivity index (χ4v) is 5.59. The maximum Gasteiger partial charge on any atom is 0.322 e. The number of nitrogens with one attached hydrogen (secondary N) is 2. The molecule has 0 unspecified atom stereocenters. The average Bonchev–Trinajstić information content (AvgIpc) is 3.33. The van der Waals surface area contributed by atoms with E-state index >= 15 is 0 Å². The number of hydrazine groups is 1. The normalized spacial score (nSPS) is 17.8. The quantitative estimate of drug-likeness (QED) is 0.365. The summed E-state index contributed by atoms with van der Waals surface area (Å²) in [5.41, 5.74) is 4.86. The highest BCUT2D eigenvalue weighted by atomic mass is 79.9. The summed E-state index contributed by atoms with van der Waals surface area (Å²) < 4.78 is 6.51. The predicted molar refractivity (Wildman–Crippen MR) is 137 cm³/mol. The molecule has 1 aliphatic heterocycles. The zero-order valence-electron chi connectivity index (χ0n) is 19.1. The van der Waals surface area contributed by atoms with E-state index in [1.54, 1.807) is 7.11 Å². The van der Waals surface area contributed by atoms with Gasteiger partial charge in [0.1, 0.15) is 27.8 Å². The minimum atomic E-state index is -0.981. The van der Waals surface area contributed by atoms with Crippen LogP contribution in [0.3, 0.4) is 0 Å². The number of hydrogen-bond donors (Lipinski definition) is 3. The lowest BCUT2D eigenvalue weighted by atomic mass is 9.96. The molecule has 3 N–H and O–H groups in total. The van der Waals surface area contributed by atoms with Crippen LogP contribution in [0.25, 0.3) is 0 Å². The number of methoxy groups -OCH3 is 1. The summed E-state index contributed by atoms with van der Waals surface area (Å²) in [5.74, 6) is -1.28. The first-order chi connectivity index (χ1) is 17.0. The second-order valence-electron chi connectivity index (χ2n) is 8.22. The lowest BCUT2D eigenvalue weighted by molar-refractivity contribution is -0.149. The SMILES string of the molecule is CO[C@H](c1nc(Br)cs1)[C@H](NC(c1ccccc1)c1ccccc1)C(=O)N1CCC[C@@H](C(=O)O)N1. The molecule has 10 heteroatoms. The van der Waals surface area contributed by atoms with Crippen LogP contribution < -0.4 is 10.7 Å². The highest BCUT2D eigenvalue weighted by Crippen LogP contribution is 2.31. The number of rotatable bonds is 9. The van der Waals surface area contributed by atoms with E-state index in [-0.39, 0.29) is 11.9 Å². The molecule has 1 fully saturated rings. The monoisotopic (exact) mass is 558 g/mol. The number of amides is 1. The molecule has 1 aliphatic rings. The summed E-state index contributed by atoms with van der Waals surface area (Å²) in [4.78, 5) is 30.0. The summed E-state index contributed by atoms with van der Waals surface area (Å²) in [7, 11) is 1.55. The number of halogens is 1. The van der Waals surface area contributed by atoms with Crippen molar-refractivity contribution in [3.05, 3.63) is 86.8 Å². The van der Waals surface area contributed by atoms with Gasteiger partial charge < -0.3 is 9.84 Å². The third-order valence-corrected chi connectivity index (χ3v) is 7.54. The molecule has 0 saturated carbocycles. The van der Waals surface area contributed by atoms with Crippen molar-refractivity contribution < 1.29 is 19.4 Å². The Labute approximate surface area is 216 Å². The van der Waals surface area contributed by atoms with Gasteiger partial charge in [-0.15, -0.1) is 11.3 Å². The number of carbonyl (C=O) groups is 2. The van der Waals surface area contributed by atoms with Crippen LogP contribution in [0.15, 0.2) is 70.6 Å². The molecule has 1 amide bonds. The third-order valence-electron chi connectivity index (χ3n) is 5.92. The molecule has 184 valence electrons.